The smallest absolute Gasteiger partial charge is 0.130 e. The lowest BCUT2D eigenvalue weighted by Gasteiger charge is -2.13. The van der Waals surface area contributed by atoms with Crippen molar-refractivity contribution in [2.24, 2.45) is 0 Å². The quantitative estimate of drug-likeness (QED) is 0.548. The van der Waals surface area contributed by atoms with Crippen LogP contribution in [0.1, 0.15) is 22.1 Å². The molecule has 0 spiro atoms. The first-order valence-electron chi connectivity index (χ1n) is 5.92. The fourth-order valence-electron chi connectivity index (χ4n) is 1.94. The van der Waals surface area contributed by atoms with Crippen LogP contribution in [-0.4, -0.2) is 0 Å². The number of benzene rings is 2. The summed E-state index contributed by atoms with van der Waals surface area (Å²) in [5.74, 6) is -3.00. The first-order chi connectivity index (χ1) is 9.40. The molecule has 0 radical (unpaired) electrons. The van der Waals surface area contributed by atoms with E-state index in [1.165, 1.54) is 19.1 Å². The van der Waals surface area contributed by atoms with Crippen LogP contribution in [0.2, 0.25) is 0 Å². The summed E-state index contributed by atoms with van der Waals surface area (Å²) in [7, 11) is 0. The fourth-order valence-corrected chi connectivity index (χ4v) is 2.26. The van der Waals surface area contributed by atoms with E-state index in [4.69, 9.17) is 11.6 Å². The molecular weight excluding hydrogens is 292 g/mol. The molecule has 0 aliphatic rings. The predicted octanol–water partition coefficient (Wildman–Crippen LogP) is 5.07. The third-order valence-electron chi connectivity index (χ3n) is 3.06. The van der Waals surface area contributed by atoms with Crippen molar-refractivity contribution < 1.29 is 17.6 Å². The monoisotopic (exact) mass is 302 g/mol. The van der Waals surface area contributed by atoms with Gasteiger partial charge in [0.1, 0.15) is 23.3 Å². The van der Waals surface area contributed by atoms with Gasteiger partial charge in [0.15, 0.2) is 0 Å². The van der Waals surface area contributed by atoms with Crippen LogP contribution in [0.3, 0.4) is 0 Å². The zero-order valence-corrected chi connectivity index (χ0v) is 11.3. The summed E-state index contributed by atoms with van der Waals surface area (Å²) in [6.45, 7) is 1.46. The van der Waals surface area contributed by atoms with Gasteiger partial charge in [-0.05, 0) is 37.1 Å². The van der Waals surface area contributed by atoms with E-state index in [2.05, 4.69) is 0 Å². The van der Waals surface area contributed by atoms with Crippen LogP contribution >= 0.6 is 11.6 Å². The molecule has 1 unspecified atom stereocenters. The van der Waals surface area contributed by atoms with Crippen LogP contribution in [0, 0.1) is 30.2 Å². The predicted molar refractivity (Wildman–Crippen MR) is 69.8 cm³/mol. The van der Waals surface area contributed by atoms with Crippen molar-refractivity contribution in [1.29, 1.82) is 0 Å². The molecule has 106 valence electrons. The standard InChI is InChI=1S/C15H11ClF4/c1-8-5-9(15(20)7-14(8)19)11(16)6-10-12(17)3-2-4-13(10)18/h2-5,7,11H,6H2,1H3. The molecule has 0 fully saturated rings. The number of rotatable bonds is 3. The van der Waals surface area contributed by atoms with Crippen LogP contribution in [0.4, 0.5) is 17.6 Å². The van der Waals surface area contributed by atoms with E-state index in [1.54, 1.807) is 0 Å². The van der Waals surface area contributed by atoms with Crippen LogP contribution in [-0.2, 0) is 6.42 Å². The minimum atomic E-state index is -0.985. The minimum absolute atomic E-state index is 0.0215. The van der Waals surface area contributed by atoms with Crippen LogP contribution in [0.5, 0.6) is 0 Å². The van der Waals surface area contributed by atoms with Crippen LogP contribution in [0.25, 0.3) is 0 Å². The second-order valence-corrected chi connectivity index (χ2v) is 5.02. The maximum Gasteiger partial charge on any atom is 0.130 e. The summed E-state index contributed by atoms with van der Waals surface area (Å²) in [4.78, 5) is 0. The Hall–Kier alpha value is -1.55. The fraction of sp³-hybridized carbons (Fsp3) is 0.200. The number of alkyl halides is 1. The van der Waals surface area contributed by atoms with Crippen molar-refractivity contribution >= 4 is 11.6 Å². The van der Waals surface area contributed by atoms with Gasteiger partial charge < -0.3 is 0 Å². The van der Waals surface area contributed by atoms with E-state index in [-0.39, 0.29) is 23.1 Å². The molecule has 0 aliphatic heterocycles. The highest BCUT2D eigenvalue weighted by Gasteiger charge is 2.19. The number of hydrogen-bond donors (Lipinski definition) is 0. The molecule has 0 nitrogen and oxygen atoms in total. The summed E-state index contributed by atoms with van der Waals surface area (Å²) < 4.78 is 53.9. The molecule has 0 saturated carbocycles. The molecule has 2 rings (SSSR count). The lowest BCUT2D eigenvalue weighted by Crippen LogP contribution is -2.04. The molecule has 0 amide bonds. The highest BCUT2D eigenvalue weighted by Crippen LogP contribution is 2.30. The van der Waals surface area contributed by atoms with E-state index in [9.17, 15) is 17.6 Å². The van der Waals surface area contributed by atoms with Gasteiger partial charge in [0, 0.05) is 17.2 Å². The third-order valence-corrected chi connectivity index (χ3v) is 3.45. The van der Waals surface area contributed by atoms with Gasteiger partial charge in [0.05, 0.1) is 5.38 Å². The van der Waals surface area contributed by atoms with Crippen LogP contribution < -0.4 is 0 Å². The number of aryl methyl sites for hydroxylation is 1. The highest BCUT2D eigenvalue weighted by molar-refractivity contribution is 6.21. The highest BCUT2D eigenvalue weighted by atomic mass is 35.5. The maximum absolute atomic E-state index is 13.7. The van der Waals surface area contributed by atoms with Gasteiger partial charge in [-0.1, -0.05) is 6.07 Å². The van der Waals surface area contributed by atoms with Crippen molar-refractivity contribution in [3.8, 4) is 0 Å². The Morgan fingerprint density at radius 1 is 0.950 bits per heavy atom. The Labute approximate surface area is 119 Å². The molecule has 20 heavy (non-hydrogen) atoms. The average Bonchev–Trinajstić information content (AvgIpc) is 2.38. The van der Waals surface area contributed by atoms with E-state index in [0.717, 1.165) is 18.2 Å². The summed E-state index contributed by atoms with van der Waals surface area (Å²) >= 11 is 6.02. The minimum Gasteiger partial charge on any atom is -0.207 e. The van der Waals surface area contributed by atoms with Crippen molar-refractivity contribution in [3.63, 3.8) is 0 Å². The Balaban J connectivity index is 2.33. The van der Waals surface area contributed by atoms with E-state index in [0.29, 0.717) is 0 Å². The van der Waals surface area contributed by atoms with Gasteiger partial charge in [-0.3, -0.25) is 0 Å². The van der Waals surface area contributed by atoms with Gasteiger partial charge in [-0.2, -0.15) is 0 Å². The summed E-state index contributed by atoms with van der Waals surface area (Å²) in [5, 5.41) is -0.985. The van der Waals surface area contributed by atoms with Crippen molar-refractivity contribution in [2.75, 3.05) is 0 Å². The lowest BCUT2D eigenvalue weighted by molar-refractivity contribution is 0.543. The number of hydrogen-bond acceptors (Lipinski definition) is 0. The van der Waals surface area contributed by atoms with Gasteiger partial charge in [-0.25, -0.2) is 17.6 Å². The summed E-state index contributed by atoms with van der Waals surface area (Å²) in [6.07, 6.45) is -0.220. The first-order valence-corrected chi connectivity index (χ1v) is 6.36. The Bertz CT molecular complexity index is 620. The zero-order chi connectivity index (χ0) is 14.9. The second-order valence-electron chi connectivity index (χ2n) is 4.49. The van der Waals surface area contributed by atoms with Crippen LogP contribution in [0.15, 0.2) is 30.3 Å². The van der Waals surface area contributed by atoms with E-state index >= 15 is 0 Å². The van der Waals surface area contributed by atoms with Crippen molar-refractivity contribution in [3.05, 3.63) is 70.3 Å². The largest absolute Gasteiger partial charge is 0.207 e. The molecule has 0 N–H and O–H groups in total. The molecule has 2 aromatic carbocycles. The molecule has 5 heteroatoms. The Kier molecular flexibility index (Phi) is 4.33. The lowest BCUT2D eigenvalue weighted by atomic mass is 10.0. The molecule has 0 aromatic heterocycles. The molecule has 0 bridgehead atoms. The second kappa shape index (κ2) is 5.83. The normalized spacial score (nSPS) is 12.5. The maximum atomic E-state index is 13.7. The SMILES string of the molecule is Cc1cc(C(Cl)Cc2c(F)cccc2F)c(F)cc1F. The van der Waals surface area contributed by atoms with E-state index < -0.39 is 28.6 Å². The van der Waals surface area contributed by atoms with Gasteiger partial charge in [-0.15, -0.1) is 11.6 Å². The Morgan fingerprint density at radius 3 is 2.15 bits per heavy atom. The topological polar surface area (TPSA) is 0 Å². The van der Waals surface area contributed by atoms with Gasteiger partial charge in [0.25, 0.3) is 0 Å². The molecule has 1 atom stereocenters. The van der Waals surface area contributed by atoms with Crippen molar-refractivity contribution in [2.45, 2.75) is 18.7 Å². The zero-order valence-electron chi connectivity index (χ0n) is 10.6. The van der Waals surface area contributed by atoms with Gasteiger partial charge in [0.2, 0.25) is 0 Å². The Morgan fingerprint density at radius 2 is 1.55 bits per heavy atom. The summed E-state index contributed by atoms with van der Waals surface area (Å²) in [6, 6.07) is 5.42. The molecule has 0 heterocycles. The average molecular weight is 303 g/mol. The van der Waals surface area contributed by atoms with Gasteiger partial charge >= 0.3 is 0 Å². The summed E-state index contributed by atoms with van der Waals surface area (Å²) in [5.41, 5.74) is 0.0307. The molecule has 2 aromatic rings. The molecular formula is C15H11ClF4. The first kappa shape index (κ1) is 14.9. The number of halogens is 5. The molecule has 0 saturated heterocycles. The van der Waals surface area contributed by atoms with Crippen molar-refractivity contribution in [1.82, 2.24) is 0 Å². The van der Waals surface area contributed by atoms with E-state index in [1.807, 2.05) is 0 Å². The molecule has 0 aliphatic carbocycles. The third kappa shape index (κ3) is 2.96.